The van der Waals surface area contributed by atoms with E-state index in [-0.39, 0.29) is 10.7 Å². The Kier molecular flexibility index (Phi) is 2.46. The lowest BCUT2D eigenvalue weighted by atomic mass is 10.3. The lowest BCUT2D eigenvalue weighted by Gasteiger charge is -1.96. The number of aromatic carboxylic acids is 1. The highest BCUT2D eigenvalue weighted by Gasteiger charge is 2.08. The molecule has 0 amide bonds. The van der Waals surface area contributed by atoms with Crippen molar-refractivity contribution >= 4 is 33.5 Å². The van der Waals surface area contributed by atoms with Crippen molar-refractivity contribution in [1.82, 2.24) is 4.98 Å². The predicted molar refractivity (Wildman–Crippen MR) is 43.9 cm³/mol. The molecule has 1 aromatic rings. The third-order valence-electron chi connectivity index (χ3n) is 1.05. The summed E-state index contributed by atoms with van der Waals surface area (Å²) in [5.74, 6) is -1.07. The van der Waals surface area contributed by atoms with E-state index in [4.69, 9.17) is 16.7 Å². The van der Waals surface area contributed by atoms with Crippen LogP contribution in [0, 0.1) is 0 Å². The number of hydrogen-bond donors (Lipinski definition) is 1. The minimum Gasteiger partial charge on any atom is -0.478 e. The van der Waals surface area contributed by atoms with Gasteiger partial charge in [-0.05, 0) is 28.1 Å². The molecule has 0 spiro atoms. The van der Waals surface area contributed by atoms with Gasteiger partial charge in [-0.25, -0.2) is 9.78 Å². The van der Waals surface area contributed by atoms with E-state index >= 15 is 0 Å². The molecule has 0 aliphatic heterocycles. The number of halogens is 2. The fraction of sp³-hybridized carbons (Fsp3) is 0. The molecule has 0 bridgehead atoms. The lowest BCUT2D eigenvalue weighted by Crippen LogP contribution is -1.98. The van der Waals surface area contributed by atoms with Crippen LogP contribution in [0.3, 0.4) is 0 Å². The number of carboxylic acids is 1. The maximum atomic E-state index is 10.4. The van der Waals surface area contributed by atoms with Crippen molar-refractivity contribution in [2.24, 2.45) is 0 Å². The third kappa shape index (κ3) is 1.91. The first kappa shape index (κ1) is 8.49. The summed E-state index contributed by atoms with van der Waals surface area (Å²) in [6.07, 6.45) is 0. The largest absolute Gasteiger partial charge is 0.478 e. The van der Waals surface area contributed by atoms with E-state index in [1.165, 1.54) is 12.1 Å². The highest BCUT2D eigenvalue weighted by atomic mass is 79.9. The maximum absolute atomic E-state index is 10.4. The molecule has 11 heavy (non-hydrogen) atoms. The summed E-state index contributed by atoms with van der Waals surface area (Å²) in [6, 6.07) is 2.91. The summed E-state index contributed by atoms with van der Waals surface area (Å²) in [7, 11) is 0. The van der Waals surface area contributed by atoms with Crippen LogP contribution in [-0.4, -0.2) is 16.1 Å². The standard InChI is InChI=1S/C6H3BrClNO2/c7-4-2-1-3(6(10)11)5(8)9-4/h1-2H,(H,10,11). The average molecular weight is 236 g/mol. The number of aromatic nitrogens is 1. The Bertz CT molecular complexity index is 303. The summed E-state index contributed by atoms with van der Waals surface area (Å²) in [5, 5.41) is 8.51. The van der Waals surface area contributed by atoms with Crippen LogP contribution in [0.15, 0.2) is 16.7 Å². The van der Waals surface area contributed by atoms with Gasteiger partial charge in [0, 0.05) is 0 Å². The molecule has 1 aromatic heterocycles. The molecular formula is C6H3BrClNO2. The van der Waals surface area contributed by atoms with Crippen LogP contribution in [0.25, 0.3) is 0 Å². The first-order chi connectivity index (χ1) is 5.11. The second-order valence-electron chi connectivity index (χ2n) is 1.78. The summed E-state index contributed by atoms with van der Waals surface area (Å²) >= 11 is 8.56. The van der Waals surface area contributed by atoms with Crippen LogP contribution in [-0.2, 0) is 0 Å². The lowest BCUT2D eigenvalue weighted by molar-refractivity contribution is 0.0696. The van der Waals surface area contributed by atoms with Crippen LogP contribution in [0.1, 0.15) is 10.4 Å². The molecule has 0 saturated heterocycles. The Balaban J connectivity index is 3.20. The Morgan fingerprint density at radius 2 is 2.27 bits per heavy atom. The smallest absolute Gasteiger partial charge is 0.338 e. The molecule has 1 rings (SSSR count). The fourth-order valence-electron chi connectivity index (χ4n) is 0.572. The van der Waals surface area contributed by atoms with Crippen molar-refractivity contribution in [3.8, 4) is 0 Å². The van der Waals surface area contributed by atoms with E-state index in [2.05, 4.69) is 20.9 Å². The van der Waals surface area contributed by atoms with Crippen LogP contribution < -0.4 is 0 Å². The molecule has 58 valence electrons. The van der Waals surface area contributed by atoms with E-state index in [1.54, 1.807) is 0 Å². The molecule has 0 atom stereocenters. The van der Waals surface area contributed by atoms with Gasteiger partial charge in [0.1, 0.15) is 9.76 Å². The quantitative estimate of drug-likeness (QED) is 0.761. The molecule has 0 saturated carbocycles. The van der Waals surface area contributed by atoms with Crippen molar-refractivity contribution in [1.29, 1.82) is 0 Å². The van der Waals surface area contributed by atoms with Gasteiger partial charge in [0.2, 0.25) is 0 Å². The number of pyridine rings is 1. The highest BCUT2D eigenvalue weighted by Crippen LogP contribution is 2.16. The van der Waals surface area contributed by atoms with Crippen molar-refractivity contribution in [2.45, 2.75) is 0 Å². The van der Waals surface area contributed by atoms with Gasteiger partial charge in [0.25, 0.3) is 0 Å². The van der Waals surface area contributed by atoms with Gasteiger partial charge in [0.05, 0.1) is 5.56 Å². The predicted octanol–water partition coefficient (Wildman–Crippen LogP) is 2.20. The normalized spacial score (nSPS) is 9.64. The number of carbonyl (C=O) groups is 1. The Labute approximate surface area is 76.1 Å². The Morgan fingerprint density at radius 3 is 2.73 bits per heavy atom. The molecule has 3 nitrogen and oxygen atoms in total. The van der Waals surface area contributed by atoms with Crippen molar-refractivity contribution in [2.75, 3.05) is 0 Å². The molecule has 0 fully saturated rings. The van der Waals surface area contributed by atoms with E-state index < -0.39 is 5.97 Å². The molecular weight excluding hydrogens is 233 g/mol. The SMILES string of the molecule is O=C(O)c1ccc(Br)nc1Cl. The van der Waals surface area contributed by atoms with E-state index in [0.29, 0.717) is 4.60 Å². The second-order valence-corrected chi connectivity index (χ2v) is 2.95. The van der Waals surface area contributed by atoms with Gasteiger partial charge in [-0.2, -0.15) is 0 Å². The minimum atomic E-state index is -1.07. The summed E-state index contributed by atoms with van der Waals surface area (Å²) in [5.41, 5.74) is 0.00914. The number of hydrogen-bond acceptors (Lipinski definition) is 2. The summed E-state index contributed by atoms with van der Waals surface area (Å²) < 4.78 is 0.521. The molecule has 0 radical (unpaired) electrons. The van der Waals surface area contributed by atoms with Gasteiger partial charge in [-0.15, -0.1) is 0 Å². The van der Waals surface area contributed by atoms with Gasteiger partial charge in [0.15, 0.2) is 0 Å². The zero-order valence-electron chi connectivity index (χ0n) is 5.21. The molecule has 0 aliphatic rings. The Morgan fingerprint density at radius 1 is 1.64 bits per heavy atom. The molecule has 1 heterocycles. The fourth-order valence-corrected chi connectivity index (χ4v) is 1.22. The van der Waals surface area contributed by atoms with Crippen LogP contribution >= 0.6 is 27.5 Å². The van der Waals surface area contributed by atoms with Crippen molar-refractivity contribution in [3.05, 3.63) is 27.5 Å². The van der Waals surface area contributed by atoms with Gasteiger partial charge >= 0.3 is 5.97 Å². The van der Waals surface area contributed by atoms with E-state index in [0.717, 1.165) is 0 Å². The van der Waals surface area contributed by atoms with Crippen molar-refractivity contribution in [3.63, 3.8) is 0 Å². The number of nitrogens with zero attached hydrogens (tertiary/aromatic N) is 1. The van der Waals surface area contributed by atoms with Crippen LogP contribution in [0.5, 0.6) is 0 Å². The molecule has 0 aliphatic carbocycles. The maximum Gasteiger partial charge on any atom is 0.338 e. The number of rotatable bonds is 1. The number of carboxylic acid groups (broad SMARTS) is 1. The molecule has 5 heteroatoms. The minimum absolute atomic E-state index is 0.00752. The first-order valence-corrected chi connectivity index (χ1v) is 3.83. The molecule has 0 unspecified atom stereocenters. The van der Waals surface area contributed by atoms with Crippen LogP contribution in [0.2, 0.25) is 5.15 Å². The van der Waals surface area contributed by atoms with E-state index in [1.807, 2.05) is 0 Å². The highest BCUT2D eigenvalue weighted by molar-refractivity contribution is 9.10. The molecule has 0 aromatic carbocycles. The summed E-state index contributed by atoms with van der Waals surface area (Å²) in [4.78, 5) is 14.1. The van der Waals surface area contributed by atoms with Gasteiger partial charge < -0.3 is 5.11 Å². The summed E-state index contributed by atoms with van der Waals surface area (Å²) in [6.45, 7) is 0. The second kappa shape index (κ2) is 3.19. The average Bonchev–Trinajstić information content (AvgIpc) is 1.85. The molecule has 1 N–H and O–H groups in total. The topological polar surface area (TPSA) is 50.2 Å². The first-order valence-electron chi connectivity index (χ1n) is 2.66. The van der Waals surface area contributed by atoms with E-state index in [9.17, 15) is 4.79 Å². The monoisotopic (exact) mass is 235 g/mol. The zero-order chi connectivity index (χ0) is 8.43. The zero-order valence-corrected chi connectivity index (χ0v) is 7.56. The van der Waals surface area contributed by atoms with Gasteiger partial charge in [-0.3, -0.25) is 0 Å². The van der Waals surface area contributed by atoms with Crippen LogP contribution in [0.4, 0.5) is 0 Å². The third-order valence-corrected chi connectivity index (χ3v) is 1.77. The Hall–Kier alpha value is -0.610. The van der Waals surface area contributed by atoms with Crippen molar-refractivity contribution < 1.29 is 9.90 Å². The van der Waals surface area contributed by atoms with Gasteiger partial charge in [-0.1, -0.05) is 11.6 Å².